The number of nitrogens with zero attached hydrogens (tertiary/aromatic N) is 3. The second-order valence-corrected chi connectivity index (χ2v) is 6.77. The number of phenolic OH excluding ortho intramolecular Hbond substituents is 1. The molecule has 0 amide bonds. The molecule has 1 N–H and O–H groups in total. The Labute approximate surface area is 166 Å². The van der Waals surface area contributed by atoms with E-state index in [1.54, 1.807) is 6.07 Å². The summed E-state index contributed by atoms with van der Waals surface area (Å²) < 4.78 is 14.1. The Balaban J connectivity index is 1.79. The third-order valence-electron chi connectivity index (χ3n) is 4.87. The Hall–Kier alpha value is -3.00. The van der Waals surface area contributed by atoms with Gasteiger partial charge in [-0.3, -0.25) is 5.01 Å². The fraction of sp³-hybridized carbons (Fsp3) is 0.348. The number of hydrogen-bond acceptors (Lipinski definition) is 4. The van der Waals surface area contributed by atoms with Crippen LogP contribution in [0.3, 0.4) is 0 Å². The third-order valence-corrected chi connectivity index (χ3v) is 4.87. The number of rotatable bonds is 5. The molecule has 28 heavy (non-hydrogen) atoms. The molecule has 0 radical (unpaired) electrons. The summed E-state index contributed by atoms with van der Waals surface area (Å²) in [5.41, 5.74) is 2.91. The maximum absolute atomic E-state index is 14.1. The normalized spacial score (nSPS) is 13.6. The van der Waals surface area contributed by atoms with E-state index in [4.69, 9.17) is 0 Å². The van der Waals surface area contributed by atoms with Crippen LogP contribution in [-0.4, -0.2) is 42.5 Å². The molecule has 0 unspecified atom stereocenters. The predicted octanol–water partition coefficient (Wildman–Crippen LogP) is 4.21. The van der Waals surface area contributed by atoms with Gasteiger partial charge in [0.25, 0.3) is 0 Å². The van der Waals surface area contributed by atoms with Crippen molar-refractivity contribution in [2.75, 3.05) is 31.1 Å². The van der Waals surface area contributed by atoms with Crippen molar-refractivity contribution in [1.82, 2.24) is 5.01 Å². The lowest BCUT2D eigenvalue weighted by Gasteiger charge is -2.17. The molecule has 0 aliphatic carbocycles. The van der Waals surface area contributed by atoms with E-state index < -0.39 is 11.6 Å². The van der Waals surface area contributed by atoms with Crippen molar-refractivity contribution >= 4 is 11.9 Å². The van der Waals surface area contributed by atoms with Gasteiger partial charge in [0.05, 0.1) is 6.21 Å². The highest BCUT2D eigenvalue weighted by molar-refractivity contribution is 5.84. The average Bonchev–Trinajstić information content (AvgIpc) is 3.25. The van der Waals surface area contributed by atoms with Crippen LogP contribution in [0.15, 0.2) is 41.5 Å². The number of hydrazone groups is 1. The summed E-state index contributed by atoms with van der Waals surface area (Å²) in [6.07, 6.45) is 3.96. The number of hydrogen-bond donors (Lipinski definition) is 1. The maximum Gasteiger partial charge on any atom is 0.166 e. The van der Waals surface area contributed by atoms with Crippen molar-refractivity contribution in [3.63, 3.8) is 0 Å². The van der Waals surface area contributed by atoms with Crippen molar-refractivity contribution in [1.29, 1.82) is 0 Å². The monoisotopic (exact) mass is 379 g/mol. The van der Waals surface area contributed by atoms with Crippen LogP contribution in [0.4, 0.5) is 10.1 Å². The lowest BCUT2D eigenvalue weighted by atomic mass is 10.1. The summed E-state index contributed by atoms with van der Waals surface area (Å²) in [4.78, 5) is 2.37. The molecule has 4 nitrogen and oxygen atoms in total. The highest BCUT2D eigenvalue weighted by Gasteiger charge is 2.11. The number of aromatic hydroxyl groups is 1. The van der Waals surface area contributed by atoms with E-state index >= 15 is 0 Å². The summed E-state index contributed by atoms with van der Waals surface area (Å²) in [6, 6.07) is 11.0. The van der Waals surface area contributed by atoms with Gasteiger partial charge in [0, 0.05) is 48.6 Å². The van der Waals surface area contributed by atoms with E-state index in [1.807, 2.05) is 31.0 Å². The van der Waals surface area contributed by atoms with Crippen LogP contribution in [0.25, 0.3) is 0 Å². The molecule has 5 heteroatoms. The molecule has 0 atom stereocenters. The summed E-state index contributed by atoms with van der Waals surface area (Å²) in [5.74, 6) is 4.95. The summed E-state index contributed by atoms with van der Waals surface area (Å²) in [5, 5.41) is 16.0. The predicted molar refractivity (Wildman–Crippen MR) is 112 cm³/mol. The van der Waals surface area contributed by atoms with E-state index in [2.05, 4.69) is 34.0 Å². The zero-order valence-corrected chi connectivity index (χ0v) is 16.5. The van der Waals surface area contributed by atoms with Crippen molar-refractivity contribution < 1.29 is 9.50 Å². The maximum atomic E-state index is 14.1. The number of halogens is 1. The molecule has 2 aromatic carbocycles. The quantitative estimate of drug-likeness (QED) is 0.481. The van der Waals surface area contributed by atoms with Crippen LogP contribution < -0.4 is 4.90 Å². The molecule has 0 aromatic heterocycles. The summed E-state index contributed by atoms with van der Waals surface area (Å²) in [6.45, 7) is 7.66. The van der Waals surface area contributed by atoms with Crippen molar-refractivity contribution in [3.8, 4) is 17.6 Å². The van der Waals surface area contributed by atoms with Gasteiger partial charge in [-0.25, -0.2) is 4.39 Å². The molecule has 3 rings (SSSR count). The second-order valence-electron chi connectivity index (χ2n) is 6.77. The molecular formula is C23H26FN3O. The zero-order chi connectivity index (χ0) is 19.9. The number of anilines is 1. The van der Waals surface area contributed by atoms with E-state index in [0.29, 0.717) is 11.1 Å². The Morgan fingerprint density at radius 3 is 2.36 bits per heavy atom. The minimum Gasteiger partial charge on any atom is -0.504 e. The van der Waals surface area contributed by atoms with Gasteiger partial charge in [-0.2, -0.15) is 5.10 Å². The second kappa shape index (κ2) is 9.27. The Morgan fingerprint density at radius 2 is 1.71 bits per heavy atom. The molecule has 0 bridgehead atoms. The first kappa shape index (κ1) is 19.8. The highest BCUT2D eigenvalue weighted by Crippen LogP contribution is 2.22. The van der Waals surface area contributed by atoms with Crippen LogP contribution in [0.2, 0.25) is 0 Å². The van der Waals surface area contributed by atoms with E-state index in [1.165, 1.54) is 30.8 Å². The lowest BCUT2D eigenvalue weighted by Crippen LogP contribution is -2.17. The first-order valence-corrected chi connectivity index (χ1v) is 9.79. The lowest BCUT2D eigenvalue weighted by molar-refractivity contribution is 0.323. The molecule has 1 aliphatic heterocycles. The smallest absolute Gasteiger partial charge is 0.166 e. The zero-order valence-electron chi connectivity index (χ0n) is 16.5. The van der Waals surface area contributed by atoms with Gasteiger partial charge in [0.1, 0.15) is 0 Å². The summed E-state index contributed by atoms with van der Waals surface area (Å²) in [7, 11) is 0. The standard InChI is InChI=1S/C23H26FN3O/c1-3-27(4-2)25-17-20-15-19(16-22(24)23(20)28)8-7-18-9-11-21(12-10-18)26-13-5-6-14-26/h9-12,15-17,28H,3-6,13-14H2,1-2H3. The van der Waals surface area contributed by atoms with Gasteiger partial charge in [-0.15, -0.1) is 0 Å². The molecule has 0 spiro atoms. The van der Waals surface area contributed by atoms with Crippen LogP contribution in [-0.2, 0) is 0 Å². The first-order chi connectivity index (χ1) is 13.6. The van der Waals surface area contributed by atoms with Gasteiger partial charge in [0.2, 0.25) is 0 Å². The van der Waals surface area contributed by atoms with Gasteiger partial charge >= 0.3 is 0 Å². The topological polar surface area (TPSA) is 39.1 Å². The van der Waals surface area contributed by atoms with Gasteiger partial charge in [-0.1, -0.05) is 11.8 Å². The Kier molecular flexibility index (Phi) is 6.54. The van der Waals surface area contributed by atoms with Crippen molar-refractivity contribution in [2.24, 2.45) is 5.10 Å². The molecular weight excluding hydrogens is 353 g/mol. The van der Waals surface area contributed by atoms with E-state index in [0.717, 1.165) is 31.7 Å². The van der Waals surface area contributed by atoms with Crippen LogP contribution in [0.5, 0.6) is 5.75 Å². The Bertz CT molecular complexity index is 887. The number of benzene rings is 2. The van der Waals surface area contributed by atoms with E-state index in [9.17, 15) is 9.50 Å². The molecule has 146 valence electrons. The molecule has 1 saturated heterocycles. The van der Waals surface area contributed by atoms with Crippen molar-refractivity contribution in [3.05, 3.63) is 58.9 Å². The molecule has 1 fully saturated rings. The fourth-order valence-electron chi connectivity index (χ4n) is 3.20. The third kappa shape index (κ3) is 4.83. The minimum atomic E-state index is -0.697. The highest BCUT2D eigenvalue weighted by atomic mass is 19.1. The largest absolute Gasteiger partial charge is 0.504 e. The first-order valence-electron chi connectivity index (χ1n) is 9.79. The minimum absolute atomic E-state index is 0.320. The molecule has 1 heterocycles. The van der Waals surface area contributed by atoms with Crippen molar-refractivity contribution in [2.45, 2.75) is 26.7 Å². The molecule has 2 aromatic rings. The van der Waals surface area contributed by atoms with Gasteiger partial charge in [0.15, 0.2) is 11.6 Å². The Morgan fingerprint density at radius 1 is 1.07 bits per heavy atom. The van der Waals surface area contributed by atoms with Gasteiger partial charge in [-0.05, 0) is 63.1 Å². The van der Waals surface area contributed by atoms with E-state index in [-0.39, 0.29) is 0 Å². The van der Waals surface area contributed by atoms with Crippen LogP contribution in [0, 0.1) is 17.7 Å². The SMILES string of the molecule is CCN(CC)N=Cc1cc(C#Cc2ccc(N3CCCC3)cc2)cc(F)c1O. The van der Waals surface area contributed by atoms with Crippen LogP contribution >= 0.6 is 0 Å². The summed E-state index contributed by atoms with van der Waals surface area (Å²) >= 11 is 0. The number of phenols is 1. The average molecular weight is 379 g/mol. The van der Waals surface area contributed by atoms with Gasteiger partial charge < -0.3 is 10.0 Å². The fourth-order valence-corrected chi connectivity index (χ4v) is 3.20. The molecule has 1 aliphatic rings. The van der Waals surface area contributed by atoms with Crippen LogP contribution in [0.1, 0.15) is 43.4 Å². The molecule has 0 saturated carbocycles.